The van der Waals surface area contributed by atoms with Gasteiger partial charge in [-0.05, 0) is 29.5 Å². The molecule has 2 N–H and O–H groups in total. The highest BCUT2D eigenvalue weighted by Gasteiger charge is 2.41. The molecule has 3 aromatic rings. The van der Waals surface area contributed by atoms with Gasteiger partial charge in [0.15, 0.2) is 0 Å². The van der Waals surface area contributed by atoms with E-state index >= 15 is 0 Å². The van der Waals surface area contributed by atoms with Gasteiger partial charge < -0.3 is 10.1 Å². The zero-order valence-corrected chi connectivity index (χ0v) is 11.8. The van der Waals surface area contributed by atoms with Gasteiger partial charge >= 0.3 is 5.97 Å². The minimum atomic E-state index is -1.04. The summed E-state index contributed by atoms with van der Waals surface area (Å²) >= 11 is 0. The van der Waals surface area contributed by atoms with Crippen LogP contribution < -0.4 is 0 Å². The molecule has 0 bridgehead atoms. The number of nitrogens with one attached hydrogen (secondary N) is 1. The summed E-state index contributed by atoms with van der Waals surface area (Å²) in [6.45, 7) is 1.91. The summed E-state index contributed by atoms with van der Waals surface area (Å²) < 4.78 is 0. The molecule has 2 aromatic carbocycles. The third kappa shape index (κ3) is 2.02. The first-order valence-electron chi connectivity index (χ1n) is 7.05. The second-order valence-corrected chi connectivity index (χ2v) is 5.20. The topological polar surface area (TPSA) is 53.1 Å². The lowest BCUT2D eigenvalue weighted by atomic mass is 9.75. The van der Waals surface area contributed by atoms with Crippen LogP contribution in [-0.4, -0.2) is 16.1 Å². The predicted molar refractivity (Wildman–Crippen MR) is 83.4 cm³/mol. The molecule has 0 amide bonds. The monoisotopic (exact) mass is 279 g/mol. The molecule has 0 saturated carbocycles. The number of carboxylic acids is 1. The molecule has 0 aliphatic heterocycles. The first-order chi connectivity index (χ1) is 10.2. The number of rotatable bonds is 4. The fourth-order valence-corrected chi connectivity index (χ4v) is 2.97. The van der Waals surface area contributed by atoms with E-state index in [0.29, 0.717) is 6.42 Å². The van der Waals surface area contributed by atoms with Crippen molar-refractivity contribution in [3.63, 3.8) is 0 Å². The van der Waals surface area contributed by atoms with Crippen LogP contribution in [0.2, 0.25) is 0 Å². The Morgan fingerprint density at radius 1 is 1.10 bits per heavy atom. The maximum atomic E-state index is 12.1. The quantitative estimate of drug-likeness (QED) is 0.759. The average Bonchev–Trinajstić information content (AvgIpc) is 2.93. The van der Waals surface area contributed by atoms with Crippen LogP contribution >= 0.6 is 0 Å². The van der Waals surface area contributed by atoms with Crippen molar-refractivity contribution in [1.29, 1.82) is 0 Å². The van der Waals surface area contributed by atoms with Crippen molar-refractivity contribution < 1.29 is 9.90 Å². The van der Waals surface area contributed by atoms with E-state index in [0.717, 1.165) is 22.2 Å². The molecule has 0 fully saturated rings. The van der Waals surface area contributed by atoms with Crippen molar-refractivity contribution in [3.05, 3.63) is 71.9 Å². The predicted octanol–water partition coefficient (Wildman–Crippen LogP) is 3.95. The van der Waals surface area contributed by atoms with Gasteiger partial charge in [0.1, 0.15) is 5.41 Å². The number of H-pyrrole nitrogens is 1. The van der Waals surface area contributed by atoms with Gasteiger partial charge in [-0.3, -0.25) is 4.79 Å². The van der Waals surface area contributed by atoms with Crippen LogP contribution in [0.1, 0.15) is 24.6 Å². The Kier molecular flexibility index (Phi) is 3.26. The minimum absolute atomic E-state index is 0.485. The second-order valence-electron chi connectivity index (χ2n) is 5.20. The van der Waals surface area contributed by atoms with Crippen LogP contribution in [0.15, 0.2) is 60.7 Å². The Balaban J connectivity index is 2.27. The number of benzene rings is 2. The van der Waals surface area contributed by atoms with Crippen LogP contribution in [0, 0.1) is 0 Å². The molecule has 0 radical (unpaired) electrons. The van der Waals surface area contributed by atoms with Crippen molar-refractivity contribution in [2.24, 2.45) is 0 Å². The third-order valence-electron chi connectivity index (χ3n) is 4.15. The van der Waals surface area contributed by atoms with Crippen LogP contribution in [-0.2, 0) is 10.2 Å². The summed E-state index contributed by atoms with van der Waals surface area (Å²) in [5.74, 6) is -0.831. The van der Waals surface area contributed by atoms with Crippen molar-refractivity contribution in [3.8, 4) is 0 Å². The first-order valence-corrected chi connectivity index (χ1v) is 7.05. The van der Waals surface area contributed by atoms with Gasteiger partial charge in [0.05, 0.1) is 0 Å². The SMILES string of the molecule is CCC(C(=O)O)(c1ccccc1)c1cc2ccccc2[nH]1. The smallest absolute Gasteiger partial charge is 0.320 e. The van der Waals surface area contributed by atoms with E-state index in [1.54, 1.807) is 0 Å². The molecule has 1 heterocycles. The number of carbonyl (C=O) groups is 1. The van der Waals surface area contributed by atoms with E-state index in [2.05, 4.69) is 4.98 Å². The molecule has 3 nitrogen and oxygen atoms in total. The van der Waals surface area contributed by atoms with Crippen molar-refractivity contribution in [1.82, 2.24) is 4.98 Å². The highest BCUT2D eigenvalue weighted by Crippen LogP contribution is 2.37. The molecule has 0 saturated heterocycles. The summed E-state index contributed by atoms with van der Waals surface area (Å²) in [5, 5.41) is 11.0. The van der Waals surface area contributed by atoms with Gasteiger partial charge in [-0.1, -0.05) is 55.5 Å². The lowest BCUT2D eigenvalue weighted by Crippen LogP contribution is -2.36. The Hall–Kier alpha value is -2.55. The van der Waals surface area contributed by atoms with Crippen LogP contribution in [0.5, 0.6) is 0 Å². The van der Waals surface area contributed by atoms with Crippen LogP contribution in [0.25, 0.3) is 10.9 Å². The molecule has 0 aliphatic rings. The lowest BCUT2D eigenvalue weighted by molar-refractivity contribution is -0.142. The third-order valence-corrected chi connectivity index (χ3v) is 4.15. The zero-order valence-electron chi connectivity index (χ0n) is 11.8. The highest BCUT2D eigenvalue weighted by molar-refractivity contribution is 5.89. The first kappa shape index (κ1) is 13.4. The Labute approximate surface area is 123 Å². The molecular weight excluding hydrogens is 262 g/mol. The number of fused-ring (bicyclic) bond motifs is 1. The van der Waals surface area contributed by atoms with E-state index in [9.17, 15) is 9.90 Å². The maximum absolute atomic E-state index is 12.1. The number of hydrogen-bond donors (Lipinski definition) is 2. The van der Waals surface area contributed by atoms with E-state index in [1.165, 1.54) is 0 Å². The number of aromatic amines is 1. The molecule has 0 aliphatic carbocycles. The van der Waals surface area contributed by atoms with E-state index in [-0.39, 0.29) is 0 Å². The molecule has 3 heteroatoms. The molecule has 1 unspecified atom stereocenters. The molecule has 1 atom stereocenters. The second kappa shape index (κ2) is 5.09. The van der Waals surface area contributed by atoms with Gasteiger partial charge in [0.25, 0.3) is 0 Å². The van der Waals surface area contributed by atoms with E-state index in [4.69, 9.17) is 0 Å². The normalized spacial score (nSPS) is 14.0. The van der Waals surface area contributed by atoms with Gasteiger partial charge in [0, 0.05) is 11.2 Å². The summed E-state index contributed by atoms with van der Waals surface area (Å²) in [5.41, 5.74) is 1.44. The van der Waals surface area contributed by atoms with Crippen molar-refractivity contribution >= 4 is 16.9 Å². The summed E-state index contributed by atoms with van der Waals surface area (Å²) in [6.07, 6.45) is 0.485. The van der Waals surface area contributed by atoms with Gasteiger partial charge in [0.2, 0.25) is 0 Å². The minimum Gasteiger partial charge on any atom is -0.480 e. The standard InChI is InChI=1S/C18H17NO2/c1-2-18(17(20)21,14-9-4-3-5-10-14)16-12-13-8-6-7-11-15(13)19-16/h3-12,19H,2H2,1H3,(H,20,21). The summed E-state index contributed by atoms with van der Waals surface area (Å²) in [4.78, 5) is 15.4. The van der Waals surface area contributed by atoms with Crippen molar-refractivity contribution in [2.75, 3.05) is 0 Å². The van der Waals surface area contributed by atoms with Gasteiger partial charge in [-0.2, -0.15) is 0 Å². The number of para-hydroxylation sites is 1. The molecule has 3 rings (SSSR count). The Morgan fingerprint density at radius 2 is 1.76 bits per heavy atom. The largest absolute Gasteiger partial charge is 0.480 e. The maximum Gasteiger partial charge on any atom is 0.320 e. The Bertz CT molecular complexity index is 743. The molecule has 106 valence electrons. The number of carboxylic acid groups (broad SMARTS) is 1. The van der Waals surface area contributed by atoms with Crippen LogP contribution in [0.4, 0.5) is 0 Å². The van der Waals surface area contributed by atoms with Gasteiger partial charge in [-0.25, -0.2) is 0 Å². The lowest BCUT2D eigenvalue weighted by Gasteiger charge is -2.27. The van der Waals surface area contributed by atoms with Crippen LogP contribution in [0.3, 0.4) is 0 Å². The Morgan fingerprint density at radius 3 is 2.38 bits per heavy atom. The van der Waals surface area contributed by atoms with E-state index in [1.807, 2.05) is 67.6 Å². The number of aliphatic carboxylic acids is 1. The molecule has 1 aromatic heterocycles. The fourth-order valence-electron chi connectivity index (χ4n) is 2.97. The van der Waals surface area contributed by atoms with Gasteiger partial charge in [-0.15, -0.1) is 0 Å². The fraction of sp³-hybridized carbons (Fsp3) is 0.167. The number of hydrogen-bond acceptors (Lipinski definition) is 1. The van der Waals surface area contributed by atoms with Crippen molar-refractivity contribution in [2.45, 2.75) is 18.8 Å². The molecular formula is C18H17NO2. The highest BCUT2D eigenvalue weighted by atomic mass is 16.4. The summed E-state index contributed by atoms with van der Waals surface area (Å²) in [7, 11) is 0. The average molecular weight is 279 g/mol. The number of aromatic nitrogens is 1. The zero-order chi connectivity index (χ0) is 14.9. The summed E-state index contributed by atoms with van der Waals surface area (Å²) in [6, 6.07) is 19.2. The molecule has 0 spiro atoms. The molecule has 21 heavy (non-hydrogen) atoms. The van der Waals surface area contributed by atoms with E-state index < -0.39 is 11.4 Å².